The number of aromatic nitrogens is 1. The van der Waals surface area contributed by atoms with E-state index in [9.17, 15) is 5.11 Å². The second-order valence-corrected chi connectivity index (χ2v) is 4.35. The van der Waals surface area contributed by atoms with Gasteiger partial charge in [0, 0.05) is 18.8 Å². The van der Waals surface area contributed by atoms with Crippen LogP contribution in [0.15, 0.2) is 18.3 Å². The van der Waals surface area contributed by atoms with Gasteiger partial charge in [0.1, 0.15) is 0 Å². The van der Waals surface area contributed by atoms with Crippen LogP contribution in [-0.4, -0.2) is 34.2 Å². The van der Waals surface area contributed by atoms with Crippen LogP contribution in [-0.2, 0) is 6.54 Å². The Hall–Kier alpha value is -0.640. The zero-order valence-corrected chi connectivity index (χ0v) is 9.32. The molecule has 15 heavy (non-hydrogen) atoms. The number of pyridine rings is 1. The van der Waals surface area contributed by atoms with Crippen molar-refractivity contribution in [2.75, 3.05) is 13.2 Å². The molecule has 0 aromatic carbocycles. The normalized spacial score (nSPS) is 22.1. The lowest BCUT2D eigenvalue weighted by molar-refractivity contribution is 0.152. The molecule has 0 bridgehead atoms. The van der Waals surface area contributed by atoms with Crippen molar-refractivity contribution in [3.63, 3.8) is 0 Å². The lowest BCUT2D eigenvalue weighted by atomic mass is 10.2. The third-order valence-electron chi connectivity index (χ3n) is 2.86. The van der Waals surface area contributed by atoms with Crippen molar-refractivity contribution < 1.29 is 5.11 Å². The fourth-order valence-corrected chi connectivity index (χ4v) is 2.13. The number of hydrogen-bond acceptors (Lipinski definition) is 3. The monoisotopic (exact) mass is 226 g/mol. The SMILES string of the molecule is OC[C@H]1CCCN1Cc1ccc(Cl)cn1. The average Bonchev–Trinajstić information content (AvgIpc) is 2.69. The molecule has 82 valence electrons. The molecule has 1 saturated heterocycles. The second-order valence-electron chi connectivity index (χ2n) is 3.92. The van der Waals surface area contributed by atoms with Crippen LogP contribution in [0, 0.1) is 0 Å². The van der Waals surface area contributed by atoms with Gasteiger partial charge in [-0.15, -0.1) is 0 Å². The van der Waals surface area contributed by atoms with Gasteiger partial charge in [-0.25, -0.2) is 0 Å². The van der Waals surface area contributed by atoms with E-state index in [1.807, 2.05) is 12.1 Å². The molecule has 1 aromatic heterocycles. The molecule has 1 N–H and O–H groups in total. The second kappa shape index (κ2) is 4.92. The zero-order valence-electron chi connectivity index (χ0n) is 8.56. The Morgan fingerprint density at radius 2 is 2.40 bits per heavy atom. The molecule has 2 rings (SSSR count). The van der Waals surface area contributed by atoms with Crippen LogP contribution >= 0.6 is 11.6 Å². The molecule has 1 aliphatic rings. The largest absolute Gasteiger partial charge is 0.395 e. The van der Waals surface area contributed by atoms with Gasteiger partial charge >= 0.3 is 0 Å². The van der Waals surface area contributed by atoms with Crippen LogP contribution in [0.4, 0.5) is 0 Å². The summed E-state index contributed by atoms with van der Waals surface area (Å²) in [4.78, 5) is 6.53. The Balaban J connectivity index is 1.99. The summed E-state index contributed by atoms with van der Waals surface area (Å²) in [6.07, 6.45) is 3.92. The average molecular weight is 227 g/mol. The van der Waals surface area contributed by atoms with Crippen LogP contribution in [0.5, 0.6) is 0 Å². The van der Waals surface area contributed by atoms with Gasteiger partial charge in [-0.1, -0.05) is 11.6 Å². The van der Waals surface area contributed by atoms with E-state index in [0.29, 0.717) is 11.1 Å². The fraction of sp³-hybridized carbons (Fsp3) is 0.545. The maximum absolute atomic E-state index is 9.18. The van der Waals surface area contributed by atoms with Gasteiger partial charge in [0.15, 0.2) is 0 Å². The van der Waals surface area contributed by atoms with Crippen LogP contribution in [0.1, 0.15) is 18.5 Å². The van der Waals surface area contributed by atoms with E-state index >= 15 is 0 Å². The van der Waals surface area contributed by atoms with E-state index in [0.717, 1.165) is 25.2 Å². The Morgan fingerprint density at radius 3 is 3.07 bits per heavy atom. The minimum atomic E-state index is 0.244. The molecule has 0 saturated carbocycles. The Labute approximate surface area is 94.7 Å². The molecule has 0 spiro atoms. The first-order valence-electron chi connectivity index (χ1n) is 5.25. The summed E-state index contributed by atoms with van der Waals surface area (Å²) >= 11 is 5.77. The first-order chi connectivity index (χ1) is 7.29. The summed E-state index contributed by atoms with van der Waals surface area (Å²) in [6, 6.07) is 4.10. The highest BCUT2D eigenvalue weighted by molar-refractivity contribution is 6.30. The molecule has 1 aliphatic heterocycles. The maximum atomic E-state index is 9.18. The first kappa shape index (κ1) is 10.9. The molecule has 2 heterocycles. The van der Waals surface area contributed by atoms with Gasteiger partial charge in [0.2, 0.25) is 0 Å². The van der Waals surface area contributed by atoms with Crippen LogP contribution in [0.25, 0.3) is 0 Å². The predicted molar refractivity (Wildman–Crippen MR) is 59.8 cm³/mol. The molecule has 3 nitrogen and oxygen atoms in total. The van der Waals surface area contributed by atoms with Crippen LogP contribution in [0.3, 0.4) is 0 Å². The molecule has 0 unspecified atom stereocenters. The van der Waals surface area contributed by atoms with Gasteiger partial charge in [0.25, 0.3) is 0 Å². The Morgan fingerprint density at radius 1 is 1.53 bits per heavy atom. The van der Waals surface area contributed by atoms with Crippen molar-refractivity contribution in [3.05, 3.63) is 29.0 Å². The molecule has 1 atom stereocenters. The first-order valence-corrected chi connectivity index (χ1v) is 5.63. The molecule has 4 heteroatoms. The van der Waals surface area contributed by atoms with E-state index in [2.05, 4.69) is 9.88 Å². The number of aliphatic hydroxyl groups excluding tert-OH is 1. The fourth-order valence-electron chi connectivity index (χ4n) is 2.02. The van der Waals surface area contributed by atoms with Gasteiger partial charge in [-0.3, -0.25) is 9.88 Å². The molecular weight excluding hydrogens is 212 g/mol. The van der Waals surface area contributed by atoms with E-state index in [1.165, 1.54) is 6.42 Å². The van der Waals surface area contributed by atoms with Gasteiger partial charge in [-0.05, 0) is 31.5 Å². The van der Waals surface area contributed by atoms with Crippen molar-refractivity contribution in [2.45, 2.75) is 25.4 Å². The lowest BCUT2D eigenvalue weighted by Gasteiger charge is -2.21. The van der Waals surface area contributed by atoms with E-state index < -0.39 is 0 Å². The van der Waals surface area contributed by atoms with E-state index in [4.69, 9.17) is 11.6 Å². The van der Waals surface area contributed by atoms with Gasteiger partial charge < -0.3 is 5.11 Å². The van der Waals surface area contributed by atoms with Crippen molar-refractivity contribution in [1.29, 1.82) is 0 Å². The van der Waals surface area contributed by atoms with E-state index in [1.54, 1.807) is 6.20 Å². The number of halogens is 1. The van der Waals surface area contributed by atoms with E-state index in [-0.39, 0.29) is 6.61 Å². The summed E-state index contributed by atoms with van der Waals surface area (Å²) < 4.78 is 0. The summed E-state index contributed by atoms with van der Waals surface area (Å²) in [5, 5.41) is 9.84. The number of aliphatic hydroxyl groups is 1. The highest BCUT2D eigenvalue weighted by Gasteiger charge is 2.23. The molecule has 0 amide bonds. The molecule has 0 aliphatic carbocycles. The maximum Gasteiger partial charge on any atom is 0.0589 e. The zero-order chi connectivity index (χ0) is 10.7. The predicted octanol–water partition coefficient (Wildman–Crippen LogP) is 1.69. The summed E-state index contributed by atoms with van der Waals surface area (Å²) in [5.74, 6) is 0. The Kier molecular flexibility index (Phi) is 3.57. The lowest BCUT2D eigenvalue weighted by Crippen LogP contribution is -2.31. The van der Waals surface area contributed by atoms with Gasteiger partial charge in [-0.2, -0.15) is 0 Å². The van der Waals surface area contributed by atoms with Crippen molar-refractivity contribution in [1.82, 2.24) is 9.88 Å². The Bertz CT molecular complexity index is 315. The van der Waals surface area contributed by atoms with Gasteiger partial charge in [0.05, 0.1) is 17.3 Å². The minimum absolute atomic E-state index is 0.244. The van der Waals surface area contributed by atoms with Crippen molar-refractivity contribution in [3.8, 4) is 0 Å². The summed E-state index contributed by atoms with van der Waals surface area (Å²) in [5.41, 5.74) is 1.01. The topological polar surface area (TPSA) is 36.4 Å². The molecule has 0 radical (unpaired) electrons. The minimum Gasteiger partial charge on any atom is -0.395 e. The summed E-state index contributed by atoms with van der Waals surface area (Å²) in [6.45, 7) is 2.10. The van der Waals surface area contributed by atoms with Crippen LogP contribution in [0.2, 0.25) is 5.02 Å². The molecule has 1 aromatic rings. The third-order valence-corrected chi connectivity index (χ3v) is 3.09. The smallest absolute Gasteiger partial charge is 0.0589 e. The van der Waals surface area contributed by atoms with Crippen molar-refractivity contribution >= 4 is 11.6 Å². The number of hydrogen-bond donors (Lipinski definition) is 1. The quantitative estimate of drug-likeness (QED) is 0.852. The number of nitrogens with zero attached hydrogens (tertiary/aromatic N) is 2. The van der Waals surface area contributed by atoms with Crippen molar-refractivity contribution in [2.24, 2.45) is 0 Å². The third kappa shape index (κ3) is 2.68. The number of likely N-dealkylation sites (tertiary alicyclic amines) is 1. The van der Waals surface area contributed by atoms with Crippen LogP contribution < -0.4 is 0 Å². The highest BCUT2D eigenvalue weighted by atomic mass is 35.5. The summed E-state index contributed by atoms with van der Waals surface area (Å²) in [7, 11) is 0. The molecule has 1 fully saturated rings. The standard InChI is InChI=1S/C11H15ClN2O/c12-9-3-4-10(13-6-9)7-14-5-1-2-11(14)8-15/h3-4,6,11,15H,1-2,5,7-8H2/t11-/m1/s1. The number of rotatable bonds is 3. The highest BCUT2D eigenvalue weighted by Crippen LogP contribution is 2.19. The molecular formula is C11H15ClN2O.